The van der Waals surface area contributed by atoms with Gasteiger partial charge in [-0.2, -0.15) is 13.2 Å². The van der Waals surface area contributed by atoms with E-state index in [9.17, 15) is 45.2 Å². The number of ether oxygens (including phenoxy) is 1. The van der Waals surface area contributed by atoms with Crippen molar-refractivity contribution in [3.05, 3.63) is 47.3 Å². The zero-order valence-corrected chi connectivity index (χ0v) is 27.5. The van der Waals surface area contributed by atoms with Crippen LogP contribution in [0.1, 0.15) is 68.9 Å². The number of hydrogen-bond acceptors (Lipinski definition) is 8. The van der Waals surface area contributed by atoms with Crippen LogP contribution in [0.4, 0.5) is 22.4 Å². The summed E-state index contributed by atoms with van der Waals surface area (Å²) >= 11 is 0. The average Bonchev–Trinajstić information content (AvgIpc) is 3.91. The van der Waals surface area contributed by atoms with Gasteiger partial charge in [-0.05, 0) is 50.2 Å². The van der Waals surface area contributed by atoms with Crippen molar-refractivity contribution in [3.8, 4) is 0 Å². The van der Waals surface area contributed by atoms with Crippen LogP contribution in [0.25, 0.3) is 0 Å². The van der Waals surface area contributed by atoms with E-state index in [-0.39, 0.29) is 38.9 Å². The minimum Gasteiger partial charge on any atom is -0.444 e. The van der Waals surface area contributed by atoms with Gasteiger partial charge in [0.05, 0.1) is 30.9 Å². The Bertz CT molecular complexity index is 1640. The van der Waals surface area contributed by atoms with Crippen molar-refractivity contribution < 1.29 is 49.9 Å². The maximum atomic E-state index is 14.3. The maximum absolute atomic E-state index is 14.3. The van der Waals surface area contributed by atoms with Crippen LogP contribution in [0.15, 0.2) is 30.4 Å². The van der Waals surface area contributed by atoms with Gasteiger partial charge in [0.25, 0.3) is 5.91 Å². The first kappa shape index (κ1) is 35.1. The van der Waals surface area contributed by atoms with Crippen molar-refractivity contribution in [1.82, 2.24) is 25.2 Å². The van der Waals surface area contributed by atoms with Crippen molar-refractivity contribution in [2.45, 2.75) is 106 Å². The van der Waals surface area contributed by atoms with Gasteiger partial charge in [0.15, 0.2) is 0 Å². The lowest BCUT2D eigenvalue weighted by Gasteiger charge is -2.30. The van der Waals surface area contributed by atoms with Crippen LogP contribution in [0.5, 0.6) is 0 Å². The van der Waals surface area contributed by atoms with E-state index in [1.54, 1.807) is 12.1 Å². The summed E-state index contributed by atoms with van der Waals surface area (Å²) in [6, 6.07) is 1.81. The van der Waals surface area contributed by atoms with Crippen LogP contribution >= 0.6 is 0 Å². The van der Waals surface area contributed by atoms with Crippen LogP contribution in [-0.2, 0) is 42.2 Å². The predicted molar refractivity (Wildman–Crippen MR) is 165 cm³/mol. The molecule has 2 aliphatic carbocycles. The molecule has 3 fully saturated rings. The lowest BCUT2D eigenvalue weighted by Crippen LogP contribution is -2.58. The Morgan fingerprint density at radius 2 is 1.86 bits per heavy atom. The first-order valence-electron chi connectivity index (χ1n) is 16.5. The molecule has 2 saturated carbocycles. The number of alkyl halides is 3. The summed E-state index contributed by atoms with van der Waals surface area (Å²) in [5.41, 5.74) is -0.685. The molecule has 0 bridgehead atoms. The third kappa shape index (κ3) is 7.87. The number of hydrogen-bond donors (Lipinski definition) is 3. The van der Waals surface area contributed by atoms with Gasteiger partial charge >= 0.3 is 12.3 Å². The molecule has 17 heteroatoms. The van der Waals surface area contributed by atoms with Gasteiger partial charge in [-0.25, -0.2) is 17.6 Å². The molecular formula is C32H39F4N5O7S. The number of benzene rings is 1. The number of fused-ring (bicyclic) bond motifs is 3. The Kier molecular flexibility index (Phi) is 9.69. The monoisotopic (exact) mass is 713 g/mol. The normalized spacial score (nSPS) is 29.9. The molecule has 0 aromatic heterocycles. The zero-order chi connectivity index (χ0) is 35.1. The van der Waals surface area contributed by atoms with E-state index >= 15 is 0 Å². The van der Waals surface area contributed by atoms with E-state index in [1.165, 1.54) is 17.0 Å². The minimum absolute atomic E-state index is 0.0551. The standard InChI is InChI=1S/C32H39F4N5O7S/c33-24-9-6-7-19-15-40(17-23(19)24)30(45)48-21-13-26-27(42)38-31(29(44)39-49(46,47)22-11-12-22)14-20(31)8-4-2-1-3-5-10-25(28(43)41(26)16-21)37-18-32(34,35)36/h4,6-9,20-22,25-26,37H,1-3,5,10-18H2,(H,38,42)(H,39,44)/b8-4-/t20-,21+,25-,26-,31+/m0/s1. The quantitative estimate of drug-likeness (QED) is 0.301. The van der Waals surface area contributed by atoms with E-state index < -0.39 is 87.3 Å². The molecule has 6 rings (SSSR count). The first-order chi connectivity index (χ1) is 23.2. The third-order valence-electron chi connectivity index (χ3n) is 9.84. The van der Waals surface area contributed by atoms with Crippen LogP contribution in [0, 0.1) is 11.7 Å². The number of sulfonamides is 1. The summed E-state index contributed by atoms with van der Waals surface area (Å²) in [6.45, 7) is -1.74. The minimum atomic E-state index is -4.61. The van der Waals surface area contributed by atoms with E-state index in [1.807, 2.05) is 6.08 Å². The summed E-state index contributed by atoms with van der Waals surface area (Å²) in [6.07, 6.45) is 0.0554. The number of allylic oxidation sites excluding steroid dienone is 1. The van der Waals surface area contributed by atoms with Crippen LogP contribution < -0.4 is 15.4 Å². The Balaban J connectivity index is 1.24. The topological polar surface area (TPSA) is 154 Å². The predicted octanol–water partition coefficient (Wildman–Crippen LogP) is 2.77. The Morgan fingerprint density at radius 1 is 1.08 bits per heavy atom. The van der Waals surface area contributed by atoms with Crippen LogP contribution in [-0.4, -0.2) is 90.3 Å². The van der Waals surface area contributed by atoms with Gasteiger partial charge in [-0.15, -0.1) is 0 Å². The summed E-state index contributed by atoms with van der Waals surface area (Å²) in [5.74, 6) is -3.55. The van der Waals surface area contributed by atoms with Gasteiger partial charge < -0.3 is 15.0 Å². The molecule has 268 valence electrons. The summed E-state index contributed by atoms with van der Waals surface area (Å²) in [7, 11) is -3.96. The molecule has 1 aromatic carbocycles. The molecule has 5 atom stereocenters. The summed E-state index contributed by atoms with van der Waals surface area (Å²) in [4.78, 5) is 56.9. The highest BCUT2D eigenvalue weighted by Gasteiger charge is 2.62. The number of nitrogens with one attached hydrogen (secondary N) is 3. The zero-order valence-electron chi connectivity index (χ0n) is 26.6. The van der Waals surface area contributed by atoms with Crippen LogP contribution in [0.2, 0.25) is 0 Å². The molecule has 12 nitrogen and oxygen atoms in total. The number of halogens is 4. The molecule has 0 spiro atoms. The molecule has 0 radical (unpaired) electrons. The van der Waals surface area contributed by atoms with E-state index in [2.05, 4.69) is 15.4 Å². The van der Waals surface area contributed by atoms with Crippen molar-refractivity contribution in [2.24, 2.45) is 5.92 Å². The van der Waals surface area contributed by atoms with Gasteiger partial charge in [0.2, 0.25) is 21.8 Å². The molecule has 3 N–H and O–H groups in total. The van der Waals surface area contributed by atoms with Crippen molar-refractivity contribution in [3.63, 3.8) is 0 Å². The lowest BCUT2D eigenvalue weighted by molar-refractivity contribution is -0.144. The summed E-state index contributed by atoms with van der Waals surface area (Å²) < 4.78 is 87.1. The fourth-order valence-electron chi connectivity index (χ4n) is 6.87. The second-order valence-corrected chi connectivity index (χ2v) is 15.5. The average molecular weight is 714 g/mol. The van der Waals surface area contributed by atoms with E-state index in [4.69, 9.17) is 4.74 Å². The first-order valence-corrected chi connectivity index (χ1v) is 18.1. The second-order valence-electron chi connectivity index (χ2n) is 13.5. The van der Waals surface area contributed by atoms with Gasteiger partial charge in [0, 0.05) is 24.4 Å². The fourth-order valence-corrected chi connectivity index (χ4v) is 8.23. The van der Waals surface area contributed by atoms with E-state index in [0.717, 1.165) is 4.90 Å². The molecule has 1 saturated heterocycles. The molecule has 5 aliphatic rings. The number of carbonyl (C=O) groups is 4. The Morgan fingerprint density at radius 3 is 2.57 bits per heavy atom. The second kappa shape index (κ2) is 13.5. The molecular weight excluding hydrogens is 674 g/mol. The lowest BCUT2D eigenvalue weighted by atomic mass is 10.0. The van der Waals surface area contributed by atoms with E-state index in [0.29, 0.717) is 49.7 Å². The van der Waals surface area contributed by atoms with Crippen molar-refractivity contribution in [2.75, 3.05) is 13.1 Å². The highest BCUT2D eigenvalue weighted by atomic mass is 32.2. The number of nitrogens with zero attached hydrogens (tertiary/aromatic N) is 2. The Labute approximate surface area is 281 Å². The third-order valence-corrected chi connectivity index (χ3v) is 11.7. The highest BCUT2D eigenvalue weighted by molar-refractivity contribution is 7.91. The molecule has 0 unspecified atom stereocenters. The smallest absolute Gasteiger partial charge is 0.410 e. The highest BCUT2D eigenvalue weighted by Crippen LogP contribution is 2.46. The Hall–Kier alpha value is -3.73. The molecule has 1 aromatic rings. The largest absolute Gasteiger partial charge is 0.444 e. The molecule has 3 aliphatic heterocycles. The van der Waals surface area contributed by atoms with Gasteiger partial charge in [-0.3, -0.25) is 29.3 Å². The van der Waals surface area contributed by atoms with Crippen molar-refractivity contribution in [1.29, 1.82) is 0 Å². The number of carbonyl (C=O) groups excluding carboxylic acids is 4. The van der Waals surface area contributed by atoms with Crippen LogP contribution in [0.3, 0.4) is 0 Å². The maximum Gasteiger partial charge on any atom is 0.410 e. The molecule has 49 heavy (non-hydrogen) atoms. The number of rotatable bonds is 6. The van der Waals surface area contributed by atoms with Crippen molar-refractivity contribution >= 4 is 33.8 Å². The SMILES string of the molecule is O=C1N[C@]2(C(=O)NS(=O)(=O)C3CC3)C[C@@H]2/C=C\CCCCC[C@H](NCC(F)(F)F)C(=O)N2C[C@H](OC(=O)N3Cc4cccc(F)c4C3)C[C@@H]12. The molecule has 3 heterocycles. The summed E-state index contributed by atoms with van der Waals surface area (Å²) in [5, 5.41) is 4.27. The fraction of sp³-hybridized carbons (Fsp3) is 0.625. The molecule has 4 amide bonds. The van der Waals surface area contributed by atoms with Gasteiger partial charge in [-0.1, -0.05) is 37.1 Å². The number of amides is 4. The van der Waals surface area contributed by atoms with Gasteiger partial charge in [0.1, 0.15) is 23.5 Å².